The Morgan fingerprint density at radius 1 is 1.25 bits per heavy atom. The first-order valence-corrected chi connectivity index (χ1v) is 9.70. The maximum absolute atomic E-state index is 12.0. The number of thiophene rings is 1. The Morgan fingerprint density at radius 3 is 2.58 bits per heavy atom. The topological polar surface area (TPSA) is 108 Å². The van der Waals surface area contributed by atoms with Gasteiger partial charge in [-0.05, 0) is 12.1 Å². The molecule has 0 radical (unpaired) electrons. The fourth-order valence-corrected chi connectivity index (χ4v) is 4.41. The summed E-state index contributed by atoms with van der Waals surface area (Å²) in [5, 5.41) is 16.6. The molecule has 0 aliphatic rings. The molecular weight excluding hydrogens is 397 g/mol. The van der Waals surface area contributed by atoms with Gasteiger partial charge in [0.15, 0.2) is 9.96 Å². The number of nitrogens with one attached hydrogen (secondary N) is 3. The number of sulfonamides is 1. The van der Waals surface area contributed by atoms with E-state index in [1.165, 1.54) is 5.38 Å². The third kappa shape index (κ3) is 4.11. The number of carbonyl (C=O) groups is 1. The third-order valence-corrected chi connectivity index (χ3v) is 6.64. The fourth-order valence-electron chi connectivity index (χ4n) is 1.75. The molecule has 0 atom stereocenters. The van der Waals surface area contributed by atoms with Crippen molar-refractivity contribution < 1.29 is 18.3 Å². The maximum Gasteiger partial charge on any atom is 0.323 e. The van der Waals surface area contributed by atoms with Crippen molar-refractivity contribution in [1.82, 2.24) is 4.72 Å². The largest absolute Gasteiger partial charge is 0.504 e. The summed E-state index contributed by atoms with van der Waals surface area (Å²) in [6.45, 7) is 1.79. The first-order valence-electron chi connectivity index (χ1n) is 6.58. The molecule has 24 heavy (non-hydrogen) atoms. The molecule has 0 fully saturated rings. The zero-order valence-electron chi connectivity index (χ0n) is 12.3. The second-order valence-corrected chi connectivity index (χ2v) is 8.09. The van der Waals surface area contributed by atoms with Crippen molar-refractivity contribution in [3.8, 4) is 5.75 Å². The molecule has 0 saturated heterocycles. The van der Waals surface area contributed by atoms with Gasteiger partial charge in [0.2, 0.25) is 0 Å². The van der Waals surface area contributed by atoms with Crippen LogP contribution in [0.3, 0.4) is 0 Å². The van der Waals surface area contributed by atoms with Crippen LogP contribution in [-0.4, -0.2) is 26.1 Å². The van der Waals surface area contributed by atoms with E-state index in [0.29, 0.717) is 0 Å². The van der Waals surface area contributed by atoms with Crippen LogP contribution in [0, 0.1) is 0 Å². The number of rotatable bonds is 5. The molecule has 0 spiro atoms. The van der Waals surface area contributed by atoms with Crippen LogP contribution in [-0.2, 0) is 10.0 Å². The molecule has 11 heteroatoms. The number of aromatic hydroxyl groups is 1. The first-order chi connectivity index (χ1) is 11.3. The standard InChI is InChI=1S/C13H13Cl2N3O4S2/c1-2-16-24(21,22)12-11(19)9(6-23-12)18-13(20)17-8-5-3-4-7(14)10(8)15/h3-6,16,19H,2H2,1H3,(H2,17,18,20). The molecule has 0 unspecified atom stereocenters. The van der Waals surface area contributed by atoms with Gasteiger partial charge in [-0.3, -0.25) is 0 Å². The summed E-state index contributed by atoms with van der Waals surface area (Å²) in [5.74, 6) is -0.534. The number of halogens is 2. The number of benzene rings is 1. The molecule has 2 rings (SSSR count). The second-order valence-electron chi connectivity index (χ2n) is 4.47. The van der Waals surface area contributed by atoms with E-state index in [4.69, 9.17) is 23.2 Å². The predicted molar refractivity (Wildman–Crippen MR) is 95.9 cm³/mol. The van der Waals surface area contributed by atoms with Crippen LogP contribution in [0.4, 0.5) is 16.2 Å². The Labute approximate surface area is 152 Å². The number of hydrogen-bond acceptors (Lipinski definition) is 5. The highest BCUT2D eigenvalue weighted by Crippen LogP contribution is 2.37. The van der Waals surface area contributed by atoms with Crippen LogP contribution >= 0.6 is 34.5 Å². The minimum absolute atomic E-state index is 0.0351. The SMILES string of the molecule is CCNS(=O)(=O)c1scc(NC(=O)Nc2cccc(Cl)c2Cl)c1O. The molecule has 2 amide bonds. The Morgan fingerprint density at radius 2 is 1.92 bits per heavy atom. The molecule has 1 aromatic carbocycles. The Balaban J connectivity index is 2.16. The van der Waals surface area contributed by atoms with Gasteiger partial charge in [0.05, 0.1) is 21.4 Å². The lowest BCUT2D eigenvalue weighted by Crippen LogP contribution is -2.22. The van der Waals surface area contributed by atoms with Crippen molar-refractivity contribution in [2.75, 3.05) is 17.2 Å². The fraction of sp³-hybridized carbons (Fsp3) is 0.154. The summed E-state index contributed by atoms with van der Waals surface area (Å²) >= 11 is 12.6. The molecule has 130 valence electrons. The molecule has 0 bridgehead atoms. The van der Waals surface area contributed by atoms with Crippen LogP contribution in [0.5, 0.6) is 5.75 Å². The molecule has 1 aromatic heterocycles. The summed E-state index contributed by atoms with van der Waals surface area (Å²) in [7, 11) is -3.82. The van der Waals surface area contributed by atoms with Crippen LogP contribution in [0.2, 0.25) is 10.0 Å². The van der Waals surface area contributed by atoms with Gasteiger partial charge in [-0.2, -0.15) is 0 Å². The van der Waals surface area contributed by atoms with Crippen molar-refractivity contribution in [1.29, 1.82) is 0 Å². The van der Waals surface area contributed by atoms with Crippen LogP contribution in [0.15, 0.2) is 27.8 Å². The van der Waals surface area contributed by atoms with E-state index in [9.17, 15) is 18.3 Å². The lowest BCUT2D eigenvalue weighted by molar-refractivity contribution is 0.262. The Kier molecular flexibility index (Phi) is 5.94. The quantitative estimate of drug-likeness (QED) is 0.603. The van der Waals surface area contributed by atoms with E-state index in [-0.39, 0.29) is 32.2 Å². The van der Waals surface area contributed by atoms with Gasteiger partial charge in [0.1, 0.15) is 0 Å². The van der Waals surface area contributed by atoms with E-state index >= 15 is 0 Å². The number of urea groups is 1. The highest BCUT2D eigenvalue weighted by atomic mass is 35.5. The van der Waals surface area contributed by atoms with Gasteiger partial charge in [0, 0.05) is 11.9 Å². The van der Waals surface area contributed by atoms with Gasteiger partial charge in [-0.25, -0.2) is 17.9 Å². The van der Waals surface area contributed by atoms with E-state index in [2.05, 4.69) is 15.4 Å². The average molecular weight is 410 g/mol. The van der Waals surface area contributed by atoms with Crippen molar-refractivity contribution in [3.63, 3.8) is 0 Å². The van der Waals surface area contributed by atoms with E-state index in [0.717, 1.165) is 11.3 Å². The summed E-state index contributed by atoms with van der Waals surface area (Å²) in [5.41, 5.74) is 0.240. The summed E-state index contributed by atoms with van der Waals surface area (Å²) in [6.07, 6.45) is 0. The predicted octanol–water partition coefficient (Wildman–Crippen LogP) is 3.70. The molecule has 4 N–H and O–H groups in total. The van der Waals surface area contributed by atoms with Crippen molar-refractivity contribution >= 4 is 62.0 Å². The molecule has 1 heterocycles. The summed E-state index contributed by atoms with van der Waals surface area (Å²) < 4.78 is 25.8. The molecule has 0 saturated carbocycles. The normalized spacial score (nSPS) is 11.3. The maximum atomic E-state index is 12.0. The number of amides is 2. The Hall–Kier alpha value is -1.52. The monoisotopic (exact) mass is 409 g/mol. The van der Waals surface area contributed by atoms with E-state index in [1.54, 1.807) is 25.1 Å². The summed E-state index contributed by atoms with van der Waals surface area (Å²) in [4.78, 5) is 12.0. The van der Waals surface area contributed by atoms with E-state index < -0.39 is 21.8 Å². The highest BCUT2D eigenvalue weighted by molar-refractivity contribution is 7.91. The van der Waals surface area contributed by atoms with Gasteiger partial charge in [-0.1, -0.05) is 36.2 Å². The van der Waals surface area contributed by atoms with E-state index in [1.807, 2.05) is 0 Å². The molecular formula is C13H13Cl2N3O4S2. The van der Waals surface area contributed by atoms with Gasteiger partial charge >= 0.3 is 6.03 Å². The van der Waals surface area contributed by atoms with Gasteiger partial charge in [0.25, 0.3) is 10.0 Å². The highest BCUT2D eigenvalue weighted by Gasteiger charge is 2.23. The smallest absolute Gasteiger partial charge is 0.323 e. The molecule has 2 aromatic rings. The average Bonchev–Trinajstić information content (AvgIpc) is 2.86. The van der Waals surface area contributed by atoms with Gasteiger partial charge < -0.3 is 15.7 Å². The molecule has 0 aliphatic heterocycles. The van der Waals surface area contributed by atoms with Crippen molar-refractivity contribution in [2.45, 2.75) is 11.1 Å². The lowest BCUT2D eigenvalue weighted by atomic mass is 10.3. The van der Waals surface area contributed by atoms with Crippen molar-refractivity contribution in [2.24, 2.45) is 0 Å². The lowest BCUT2D eigenvalue weighted by Gasteiger charge is -2.09. The zero-order chi connectivity index (χ0) is 17.9. The Bertz CT molecular complexity index is 868. The van der Waals surface area contributed by atoms with Gasteiger partial charge in [-0.15, -0.1) is 11.3 Å². The summed E-state index contributed by atoms with van der Waals surface area (Å²) in [6, 6.07) is 4.00. The van der Waals surface area contributed by atoms with Crippen molar-refractivity contribution in [3.05, 3.63) is 33.6 Å². The third-order valence-electron chi connectivity index (χ3n) is 2.76. The number of anilines is 2. The zero-order valence-corrected chi connectivity index (χ0v) is 15.4. The minimum atomic E-state index is -3.82. The van der Waals surface area contributed by atoms with Crippen LogP contribution in [0.25, 0.3) is 0 Å². The van der Waals surface area contributed by atoms with Crippen LogP contribution < -0.4 is 15.4 Å². The number of hydrogen-bond donors (Lipinski definition) is 4. The van der Waals surface area contributed by atoms with Crippen LogP contribution in [0.1, 0.15) is 6.92 Å². The number of carbonyl (C=O) groups excluding carboxylic acids is 1. The minimum Gasteiger partial charge on any atom is -0.504 e. The molecule has 7 nitrogen and oxygen atoms in total. The molecule has 0 aliphatic carbocycles. The first kappa shape index (κ1) is 18.8. The second kappa shape index (κ2) is 7.58.